The predicted octanol–water partition coefficient (Wildman–Crippen LogP) is 3.47. The summed E-state index contributed by atoms with van der Waals surface area (Å²) < 4.78 is 84.7. The first kappa shape index (κ1) is 25.8. The fourth-order valence-corrected chi connectivity index (χ4v) is 4.92. The van der Waals surface area contributed by atoms with E-state index in [1.54, 1.807) is 0 Å². The van der Waals surface area contributed by atoms with E-state index in [0.29, 0.717) is 6.07 Å². The number of nitrogen functional groups attached to an aromatic ring is 1. The minimum Gasteiger partial charge on any atom is -0.382 e. The van der Waals surface area contributed by atoms with Crippen LogP contribution in [0.5, 0.6) is 0 Å². The van der Waals surface area contributed by atoms with Gasteiger partial charge in [0.05, 0.1) is 23.8 Å². The molecule has 8 nitrogen and oxygen atoms in total. The Labute approximate surface area is 211 Å². The van der Waals surface area contributed by atoms with Gasteiger partial charge in [0.25, 0.3) is 5.91 Å². The Bertz CT molecular complexity index is 1430. The number of halogens is 6. The molecule has 1 aliphatic carbocycles. The molecule has 2 fully saturated rings. The molecule has 0 spiro atoms. The highest BCUT2D eigenvalue weighted by Crippen LogP contribution is 2.39. The molecular formula is C24H22F6N6O2. The van der Waals surface area contributed by atoms with E-state index in [1.807, 2.05) is 0 Å². The van der Waals surface area contributed by atoms with E-state index >= 15 is 4.39 Å². The van der Waals surface area contributed by atoms with E-state index in [0.717, 1.165) is 23.0 Å². The second-order valence-corrected chi connectivity index (χ2v) is 9.60. The average molecular weight is 540 g/mol. The first-order valence-electron chi connectivity index (χ1n) is 11.7. The van der Waals surface area contributed by atoms with Crippen molar-refractivity contribution in [1.29, 1.82) is 0 Å². The van der Waals surface area contributed by atoms with Gasteiger partial charge in [-0.2, -0.15) is 18.3 Å². The van der Waals surface area contributed by atoms with Crippen molar-refractivity contribution >= 4 is 23.1 Å². The lowest BCUT2D eigenvalue weighted by Crippen LogP contribution is -2.44. The van der Waals surface area contributed by atoms with E-state index in [1.165, 1.54) is 11.8 Å². The van der Waals surface area contributed by atoms with Crippen LogP contribution in [0.3, 0.4) is 0 Å². The molecule has 0 unspecified atom stereocenters. The molecule has 2 amide bonds. The Morgan fingerprint density at radius 2 is 1.84 bits per heavy atom. The molecule has 1 aliphatic heterocycles. The molecule has 38 heavy (non-hydrogen) atoms. The maximum atomic E-state index is 15.0. The van der Waals surface area contributed by atoms with Gasteiger partial charge in [-0.05, 0) is 43.5 Å². The SMILES string of the molecule is Cc1cc(F)c(-c2cc(C(F)(F)F)c3c(N)ncnn23)cc1C(=O)N[C@@H]1CN(C(=O)C2CC(F)C2)C[C@@H]1F. The molecule has 1 aromatic carbocycles. The van der Waals surface area contributed by atoms with Crippen molar-refractivity contribution in [2.45, 2.75) is 44.3 Å². The third kappa shape index (κ3) is 4.41. The first-order valence-corrected chi connectivity index (χ1v) is 11.7. The average Bonchev–Trinajstić information content (AvgIpc) is 3.38. The number of amides is 2. The normalized spacial score (nSPS) is 23.5. The minimum absolute atomic E-state index is 0.0852. The zero-order valence-electron chi connectivity index (χ0n) is 19.9. The van der Waals surface area contributed by atoms with Gasteiger partial charge >= 0.3 is 6.18 Å². The number of aryl methyl sites for hydroxylation is 1. The third-order valence-corrected chi connectivity index (χ3v) is 7.03. The Hall–Kier alpha value is -3.84. The van der Waals surface area contributed by atoms with Crippen molar-refractivity contribution in [3.05, 3.63) is 47.0 Å². The molecule has 202 valence electrons. The molecule has 2 aliphatic rings. The molecule has 3 aromatic rings. The molecule has 5 rings (SSSR count). The number of anilines is 1. The summed E-state index contributed by atoms with van der Waals surface area (Å²) in [6.45, 7) is 1.03. The fourth-order valence-electron chi connectivity index (χ4n) is 4.92. The zero-order chi connectivity index (χ0) is 27.5. The minimum atomic E-state index is -4.85. The summed E-state index contributed by atoms with van der Waals surface area (Å²) in [7, 11) is 0. The second-order valence-electron chi connectivity index (χ2n) is 9.60. The summed E-state index contributed by atoms with van der Waals surface area (Å²) in [5.74, 6) is -3.08. The molecule has 2 aromatic heterocycles. The summed E-state index contributed by atoms with van der Waals surface area (Å²) >= 11 is 0. The summed E-state index contributed by atoms with van der Waals surface area (Å²) in [5.41, 5.74) is 3.26. The van der Waals surface area contributed by atoms with Crippen LogP contribution >= 0.6 is 0 Å². The van der Waals surface area contributed by atoms with Crippen LogP contribution in [-0.4, -0.2) is 62.8 Å². The van der Waals surface area contributed by atoms with Gasteiger partial charge in [-0.3, -0.25) is 9.59 Å². The topological polar surface area (TPSA) is 106 Å². The number of alkyl halides is 5. The summed E-state index contributed by atoms with van der Waals surface area (Å²) in [4.78, 5) is 30.4. The van der Waals surface area contributed by atoms with Crippen LogP contribution < -0.4 is 11.1 Å². The van der Waals surface area contributed by atoms with Crippen LogP contribution in [0, 0.1) is 18.7 Å². The van der Waals surface area contributed by atoms with Crippen molar-refractivity contribution in [3.8, 4) is 11.3 Å². The van der Waals surface area contributed by atoms with Gasteiger partial charge in [0.1, 0.15) is 30.0 Å². The molecule has 2 atom stereocenters. The standard InChI is InChI=1S/C24H22F6N6O2/c1-10-2-16(26)14(19-6-15(24(28,29)30)20-21(31)32-9-33-36(19)20)5-13(10)22(37)34-18-8-35(7-17(18)27)23(38)11-3-12(25)4-11/h2,5-6,9,11-12,17-18H,3-4,7-8H2,1H3,(H,34,37)(H2,31,32,33)/t11?,12?,17-,18+/m0/s1. The zero-order valence-corrected chi connectivity index (χ0v) is 19.9. The number of likely N-dealkylation sites (tertiary alicyclic amines) is 1. The molecule has 14 heteroatoms. The molecule has 1 saturated heterocycles. The molecule has 3 N–H and O–H groups in total. The number of hydrogen-bond acceptors (Lipinski definition) is 5. The molecular weight excluding hydrogens is 518 g/mol. The number of benzene rings is 1. The van der Waals surface area contributed by atoms with Crippen LogP contribution in [0.2, 0.25) is 0 Å². The summed E-state index contributed by atoms with van der Waals surface area (Å²) in [5, 5.41) is 6.28. The van der Waals surface area contributed by atoms with Crippen molar-refractivity contribution in [3.63, 3.8) is 0 Å². The van der Waals surface area contributed by atoms with Crippen molar-refractivity contribution in [2.24, 2.45) is 5.92 Å². The van der Waals surface area contributed by atoms with Gasteiger partial charge in [0.15, 0.2) is 5.82 Å². The maximum absolute atomic E-state index is 15.0. The maximum Gasteiger partial charge on any atom is 0.418 e. The van der Waals surface area contributed by atoms with Crippen LogP contribution in [0.4, 0.5) is 32.2 Å². The lowest BCUT2D eigenvalue weighted by Gasteiger charge is -2.31. The second kappa shape index (κ2) is 9.17. The number of carbonyl (C=O) groups is 2. The summed E-state index contributed by atoms with van der Waals surface area (Å²) in [6, 6.07) is 1.62. The van der Waals surface area contributed by atoms with Crippen LogP contribution in [0.1, 0.15) is 34.3 Å². The molecule has 3 heterocycles. The van der Waals surface area contributed by atoms with Crippen molar-refractivity contribution in [1.82, 2.24) is 24.8 Å². The van der Waals surface area contributed by atoms with Gasteiger partial charge < -0.3 is 16.0 Å². The Kier molecular flexibility index (Phi) is 6.22. The Morgan fingerprint density at radius 1 is 1.13 bits per heavy atom. The number of fused-ring (bicyclic) bond motifs is 1. The van der Waals surface area contributed by atoms with Crippen molar-refractivity contribution in [2.75, 3.05) is 18.8 Å². The molecule has 1 saturated carbocycles. The van der Waals surface area contributed by atoms with Crippen LogP contribution in [0.15, 0.2) is 24.5 Å². The van der Waals surface area contributed by atoms with Crippen LogP contribution in [0.25, 0.3) is 16.8 Å². The van der Waals surface area contributed by atoms with Gasteiger partial charge in [0, 0.05) is 23.6 Å². The predicted molar refractivity (Wildman–Crippen MR) is 123 cm³/mol. The Morgan fingerprint density at radius 3 is 2.50 bits per heavy atom. The highest BCUT2D eigenvalue weighted by Gasteiger charge is 2.43. The lowest BCUT2D eigenvalue weighted by atomic mass is 9.82. The number of nitrogens with two attached hydrogens (primary N) is 1. The lowest BCUT2D eigenvalue weighted by molar-refractivity contribution is -0.139. The third-order valence-electron chi connectivity index (χ3n) is 7.03. The van der Waals surface area contributed by atoms with E-state index < -0.39 is 59.1 Å². The number of hydrogen-bond donors (Lipinski definition) is 2. The van der Waals surface area contributed by atoms with Crippen LogP contribution in [-0.2, 0) is 11.0 Å². The number of aromatic nitrogens is 3. The van der Waals surface area contributed by atoms with Gasteiger partial charge in [-0.1, -0.05) is 0 Å². The number of nitrogens with zero attached hydrogens (tertiary/aromatic N) is 4. The van der Waals surface area contributed by atoms with Gasteiger partial charge in [-0.15, -0.1) is 0 Å². The smallest absolute Gasteiger partial charge is 0.382 e. The number of carbonyl (C=O) groups excluding carboxylic acids is 2. The molecule has 0 bridgehead atoms. The van der Waals surface area contributed by atoms with Crippen molar-refractivity contribution < 1.29 is 35.9 Å². The molecule has 0 radical (unpaired) electrons. The number of nitrogens with one attached hydrogen (secondary N) is 1. The van der Waals surface area contributed by atoms with E-state index in [-0.39, 0.29) is 54.2 Å². The van der Waals surface area contributed by atoms with Gasteiger partial charge in [-0.25, -0.2) is 22.7 Å². The highest BCUT2D eigenvalue weighted by atomic mass is 19.4. The van der Waals surface area contributed by atoms with E-state index in [4.69, 9.17) is 5.73 Å². The number of rotatable bonds is 4. The largest absolute Gasteiger partial charge is 0.418 e. The monoisotopic (exact) mass is 540 g/mol. The van der Waals surface area contributed by atoms with Gasteiger partial charge in [0.2, 0.25) is 5.91 Å². The quantitative estimate of drug-likeness (QED) is 0.493. The Balaban J connectivity index is 1.44. The highest BCUT2D eigenvalue weighted by molar-refractivity contribution is 5.97. The first-order chi connectivity index (χ1) is 17.8. The fraction of sp³-hybridized carbons (Fsp3) is 0.417. The summed E-state index contributed by atoms with van der Waals surface area (Å²) in [6.07, 6.45) is -6.41. The van der Waals surface area contributed by atoms with E-state index in [2.05, 4.69) is 15.4 Å². The van der Waals surface area contributed by atoms with E-state index in [9.17, 15) is 31.5 Å².